The van der Waals surface area contributed by atoms with E-state index in [-0.39, 0.29) is 5.82 Å². The fourth-order valence-electron chi connectivity index (χ4n) is 2.75. The highest BCUT2D eigenvalue weighted by Crippen LogP contribution is 2.25. The van der Waals surface area contributed by atoms with E-state index in [1.165, 1.54) is 34.1 Å². The highest BCUT2D eigenvalue weighted by Gasteiger charge is 2.15. The summed E-state index contributed by atoms with van der Waals surface area (Å²) in [5.41, 5.74) is 2.83. The average Bonchev–Trinajstić information content (AvgIpc) is 3.34. The van der Waals surface area contributed by atoms with E-state index >= 15 is 0 Å². The van der Waals surface area contributed by atoms with E-state index in [4.69, 9.17) is 10.4 Å². The maximum atomic E-state index is 13.1. The Hall–Kier alpha value is -3.20. The lowest BCUT2D eigenvalue weighted by Crippen LogP contribution is -2.11. The lowest BCUT2D eigenvalue weighted by molar-refractivity contribution is 0.391. The number of hydrogen-bond acceptors (Lipinski definition) is 7. The molecule has 0 aliphatic carbocycles. The quantitative estimate of drug-likeness (QED) is 0.375. The molecule has 0 unspecified atom stereocenters. The number of nitrogen functional groups attached to an aromatic ring is 1. The Morgan fingerprint density at radius 2 is 1.72 bits per heavy atom. The first-order valence-corrected chi connectivity index (χ1v) is 10.0. The predicted octanol–water partition coefficient (Wildman–Crippen LogP) is 4.26. The summed E-state index contributed by atoms with van der Waals surface area (Å²) in [5, 5.41) is 12.7. The highest BCUT2D eigenvalue weighted by atomic mass is 32.2. The summed E-state index contributed by atoms with van der Waals surface area (Å²) in [6.07, 6.45) is 0. The largest absolute Gasteiger partial charge is 0.338 e. The minimum Gasteiger partial charge on any atom is -0.338 e. The molecule has 0 fully saturated rings. The smallest absolute Gasteiger partial charge is 0.237 e. The Morgan fingerprint density at radius 3 is 2.41 bits per heavy atom. The molecule has 0 aliphatic rings. The van der Waals surface area contributed by atoms with E-state index in [0.717, 1.165) is 5.56 Å². The number of nitrogens with zero attached hydrogens (tertiary/aromatic N) is 5. The van der Waals surface area contributed by atoms with E-state index in [2.05, 4.69) is 46.3 Å². The number of thioether (sulfide) groups is 1. The van der Waals surface area contributed by atoms with Gasteiger partial charge in [-0.05, 0) is 35.7 Å². The lowest BCUT2D eigenvalue weighted by atomic mass is 10.0. The van der Waals surface area contributed by atoms with E-state index in [1.807, 2.05) is 12.1 Å². The molecule has 0 aliphatic heterocycles. The fraction of sp³-hybridized carbons (Fsp3) is 0.200. The first-order chi connectivity index (χ1) is 14.0. The van der Waals surface area contributed by atoms with Crippen molar-refractivity contribution in [3.05, 3.63) is 65.8 Å². The van der Waals surface area contributed by atoms with Crippen LogP contribution in [0.4, 0.5) is 4.39 Å². The summed E-state index contributed by atoms with van der Waals surface area (Å²) >= 11 is 1.33. The van der Waals surface area contributed by atoms with Crippen molar-refractivity contribution in [1.82, 2.24) is 25.0 Å². The molecule has 2 heterocycles. The maximum Gasteiger partial charge on any atom is 0.237 e. The third-order valence-electron chi connectivity index (χ3n) is 4.40. The summed E-state index contributed by atoms with van der Waals surface area (Å²) in [7, 11) is 0. The molecule has 0 atom stereocenters. The molecule has 4 aromatic rings. The Morgan fingerprint density at radius 1 is 1.03 bits per heavy atom. The van der Waals surface area contributed by atoms with Crippen LogP contribution in [-0.2, 0) is 5.75 Å². The third-order valence-corrected chi connectivity index (χ3v) is 5.32. The van der Waals surface area contributed by atoms with Gasteiger partial charge in [-0.3, -0.25) is 0 Å². The van der Waals surface area contributed by atoms with Crippen molar-refractivity contribution >= 4 is 11.8 Å². The van der Waals surface area contributed by atoms with E-state index in [0.29, 0.717) is 39.9 Å². The Bertz CT molecular complexity index is 1100. The lowest BCUT2D eigenvalue weighted by Gasteiger charge is -2.04. The van der Waals surface area contributed by atoms with Gasteiger partial charge in [0.05, 0.1) is 5.75 Å². The van der Waals surface area contributed by atoms with Crippen LogP contribution >= 0.6 is 11.8 Å². The Labute approximate surface area is 171 Å². The maximum absolute atomic E-state index is 13.1. The van der Waals surface area contributed by atoms with Gasteiger partial charge in [0.15, 0.2) is 5.82 Å². The molecular weight excluding hydrogens is 391 g/mol. The van der Waals surface area contributed by atoms with Gasteiger partial charge in [-0.15, -0.1) is 10.2 Å². The predicted molar refractivity (Wildman–Crippen MR) is 109 cm³/mol. The summed E-state index contributed by atoms with van der Waals surface area (Å²) in [5.74, 6) is 8.08. The Kier molecular flexibility index (Phi) is 5.30. The molecule has 0 spiro atoms. The standard InChI is InChI=1S/C20H19FN6OS/c1-12(2)13-3-5-14(6-4-13)18-23-17(28-26-18)11-29-20-25-24-19(27(20)22)15-7-9-16(21)10-8-15/h3-10,12H,11,22H2,1-2H3. The monoisotopic (exact) mass is 410 g/mol. The second-order valence-electron chi connectivity index (χ2n) is 6.76. The molecule has 0 amide bonds. The third kappa shape index (κ3) is 4.14. The fourth-order valence-corrected chi connectivity index (χ4v) is 3.44. The molecular formula is C20H19FN6OS. The van der Waals surface area contributed by atoms with Gasteiger partial charge >= 0.3 is 0 Å². The number of halogens is 1. The summed E-state index contributed by atoms with van der Waals surface area (Å²) in [4.78, 5) is 4.44. The van der Waals surface area contributed by atoms with Gasteiger partial charge in [0.2, 0.25) is 16.9 Å². The van der Waals surface area contributed by atoms with Crippen molar-refractivity contribution in [2.75, 3.05) is 5.84 Å². The van der Waals surface area contributed by atoms with Crippen molar-refractivity contribution in [2.24, 2.45) is 0 Å². The van der Waals surface area contributed by atoms with Crippen molar-refractivity contribution in [3.63, 3.8) is 0 Å². The number of rotatable bonds is 6. The van der Waals surface area contributed by atoms with Crippen LogP contribution in [0.2, 0.25) is 0 Å². The van der Waals surface area contributed by atoms with Crippen LogP contribution in [0.1, 0.15) is 31.2 Å². The molecule has 7 nitrogen and oxygen atoms in total. The minimum absolute atomic E-state index is 0.322. The minimum atomic E-state index is -0.322. The van der Waals surface area contributed by atoms with Crippen molar-refractivity contribution in [3.8, 4) is 22.8 Å². The number of benzene rings is 2. The second kappa shape index (κ2) is 8.04. The zero-order valence-electron chi connectivity index (χ0n) is 15.9. The summed E-state index contributed by atoms with van der Waals surface area (Å²) in [6, 6.07) is 14.0. The molecule has 0 saturated carbocycles. The molecule has 148 valence electrons. The molecule has 0 bridgehead atoms. The van der Waals surface area contributed by atoms with Crippen molar-refractivity contribution in [1.29, 1.82) is 0 Å². The summed E-state index contributed by atoms with van der Waals surface area (Å²) < 4.78 is 19.8. The molecule has 4 rings (SSSR count). The number of aromatic nitrogens is 5. The van der Waals surface area contributed by atoms with Crippen LogP contribution in [0.3, 0.4) is 0 Å². The van der Waals surface area contributed by atoms with E-state index < -0.39 is 0 Å². The molecule has 0 saturated heterocycles. The molecule has 2 aromatic carbocycles. The Balaban J connectivity index is 1.44. The first kappa shape index (κ1) is 19.1. The zero-order valence-corrected chi connectivity index (χ0v) is 16.7. The topological polar surface area (TPSA) is 95.7 Å². The number of hydrogen-bond donors (Lipinski definition) is 1. The second-order valence-corrected chi connectivity index (χ2v) is 7.70. The molecule has 29 heavy (non-hydrogen) atoms. The van der Waals surface area contributed by atoms with Gasteiger partial charge in [0, 0.05) is 11.1 Å². The van der Waals surface area contributed by atoms with Crippen LogP contribution in [0.25, 0.3) is 22.8 Å². The van der Waals surface area contributed by atoms with Crippen LogP contribution in [-0.4, -0.2) is 25.0 Å². The average molecular weight is 410 g/mol. The van der Waals surface area contributed by atoms with Crippen molar-refractivity contribution < 1.29 is 8.91 Å². The highest BCUT2D eigenvalue weighted by molar-refractivity contribution is 7.98. The van der Waals surface area contributed by atoms with E-state index in [1.54, 1.807) is 12.1 Å². The SMILES string of the molecule is CC(C)c1ccc(-c2noc(CSc3nnc(-c4ccc(F)cc4)n3N)n2)cc1. The molecule has 9 heteroatoms. The number of nitrogens with two attached hydrogens (primary N) is 1. The van der Waals surface area contributed by atoms with Crippen LogP contribution < -0.4 is 5.84 Å². The van der Waals surface area contributed by atoms with Gasteiger partial charge in [-0.2, -0.15) is 4.98 Å². The van der Waals surface area contributed by atoms with Crippen LogP contribution in [0.15, 0.2) is 58.2 Å². The van der Waals surface area contributed by atoms with Gasteiger partial charge in [0.1, 0.15) is 5.82 Å². The normalized spacial score (nSPS) is 11.3. The zero-order chi connectivity index (χ0) is 20.4. The van der Waals surface area contributed by atoms with Crippen molar-refractivity contribution in [2.45, 2.75) is 30.7 Å². The van der Waals surface area contributed by atoms with Gasteiger partial charge < -0.3 is 10.4 Å². The summed E-state index contributed by atoms with van der Waals surface area (Å²) in [6.45, 7) is 4.30. The van der Waals surface area contributed by atoms with Gasteiger partial charge in [-0.25, -0.2) is 9.07 Å². The van der Waals surface area contributed by atoms with E-state index in [9.17, 15) is 4.39 Å². The molecule has 2 N–H and O–H groups in total. The first-order valence-electron chi connectivity index (χ1n) is 9.03. The van der Waals surface area contributed by atoms with Gasteiger partial charge in [0.25, 0.3) is 0 Å². The molecule has 2 aromatic heterocycles. The molecule has 0 radical (unpaired) electrons. The van der Waals surface area contributed by atoms with Crippen LogP contribution in [0.5, 0.6) is 0 Å². The van der Waals surface area contributed by atoms with Crippen LogP contribution in [0, 0.1) is 5.82 Å². The van der Waals surface area contributed by atoms with Gasteiger partial charge in [-0.1, -0.05) is 55.0 Å².